The summed E-state index contributed by atoms with van der Waals surface area (Å²) < 4.78 is 18.3. The zero-order chi connectivity index (χ0) is 32.6. The minimum atomic E-state index is -0.166. The second kappa shape index (κ2) is 11.1. The molecule has 0 N–H and O–H groups in total. The molecule has 0 radical (unpaired) electrons. The van der Waals surface area contributed by atoms with E-state index in [4.69, 9.17) is 15.4 Å². The first-order valence-corrected chi connectivity index (χ1v) is 19.2. The zero-order valence-electron chi connectivity index (χ0n) is 27.0. The molecular formula is C46H31IO2. The highest BCUT2D eigenvalue weighted by molar-refractivity contribution is 14.2. The molecule has 0 bridgehead atoms. The molecule has 0 amide bonds. The van der Waals surface area contributed by atoms with Crippen molar-refractivity contribution < 1.29 is 8.83 Å². The third-order valence-corrected chi connectivity index (χ3v) is 12.1. The van der Waals surface area contributed by atoms with Crippen molar-refractivity contribution in [2.75, 3.05) is 0 Å². The fourth-order valence-electron chi connectivity index (χ4n) is 7.99. The first kappa shape index (κ1) is 28.7. The highest BCUT2D eigenvalue weighted by Gasteiger charge is 2.29. The van der Waals surface area contributed by atoms with Gasteiger partial charge in [-0.05, 0) is 96.6 Å². The van der Waals surface area contributed by atoms with Gasteiger partial charge in [0.05, 0.1) is 5.56 Å². The van der Waals surface area contributed by atoms with E-state index in [-0.39, 0.29) is 26.6 Å². The van der Waals surface area contributed by atoms with Gasteiger partial charge in [-0.3, -0.25) is 0 Å². The summed E-state index contributed by atoms with van der Waals surface area (Å²) in [6.07, 6.45) is 7.53. The molecule has 10 rings (SSSR count). The maximum Gasteiger partial charge on any atom is 0.147 e. The molecule has 1 atom stereocenters. The third-order valence-electron chi connectivity index (χ3n) is 10.4. The van der Waals surface area contributed by atoms with Gasteiger partial charge in [-0.2, -0.15) is 0 Å². The summed E-state index contributed by atoms with van der Waals surface area (Å²) in [5.41, 5.74) is 12.4. The molecule has 2 nitrogen and oxygen atoms in total. The maximum absolute atomic E-state index is 6.92. The van der Waals surface area contributed by atoms with Gasteiger partial charge in [0.1, 0.15) is 22.7 Å². The molecular weight excluding hydrogens is 711 g/mol. The van der Waals surface area contributed by atoms with Crippen LogP contribution in [0.15, 0.2) is 135 Å². The standard InChI is InChI=1S/C46H31IO2/c1-27-11-3-5-13-31(27)34-16-8-7-14-32(34)28(2)29-19-20-42-38(23-29)41-25-40-37-21-22-47-26-43(37)49-45(40)44(46(41)48-42)39-24-30-12-4-6-15-33(30)35-17-9-10-18-36(35)39/h3-22,24-26,29H,2,23H2,1H3. The number of rotatable bonds is 4. The van der Waals surface area contributed by atoms with E-state index in [9.17, 15) is 0 Å². The smallest absolute Gasteiger partial charge is 0.147 e. The summed E-state index contributed by atoms with van der Waals surface area (Å²) in [7, 11) is 0. The largest absolute Gasteiger partial charge is 0.456 e. The van der Waals surface area contributed by atoms with Gasteiger partial charge < -0.3 is 8.83 Å². The van der Waals surface area contributed by atoms with E-state index in [2.05, 4.69) is 142 Å². The number of furan rings is 2. The summed E-state index contributed by atoms with van der Waals surface area (Å²) in [5.74, 6) is 2.04. The van der Waals surface area contributed by atoms with Crippen LogP contribution in [0, 0.1) is 12.8 Å². The fraction of sp³-hybridized carbons (Fsp3) is 0.0652. The number of allylic oxidation sites excluding steroid dienone is 2. The Labute approximate surface area is 294 Å². The van der Waals surface area contributed by atoms with Crippen molar-refractivity contribution in [1.82, 2.24) is 0 Å². The Hall–Kier alpha value is -5.26. The SMILES string of the molecule is C=C(c1ccccc1-c1ccccc1C)C1C=Cc2oc3c(-c4cc5ccccc5c5ccccc45)c4oc5c(c4cc3c2C1)C=CI=C5. The number of aryl methyl sites for hydroxylation is 1. The molecule has 2 aromatic heterocycles. The minimum absolute atomic E-state index is 0.135. The van der Waals surface area contributed by atoms with E-state index in [1.807, 2.05) is 0 Å². The predicted molar refractivity (Wildman–Crippen MR) is 217 cm³/mol. The van der Waals surface area contributed by atoms with Gasteiger partial charge in [0, 0.05) is 31.8 Å². The number of hydrogen-bond donors (Lipinski definition) is 0. The Morgan fingerprint density at radius 2 is 1.39 bits per heavy atom. The number of halogens is 1. The molecule has 1 aliphatic carbocycles. The molecule has 1 unspecified atom stereocenters. The van der Waals surface area contributed by atoms with Crippen molar-refractivity contribution in [3.63, 3.8) is 0 Å². The van der Waals surface area contributed by atoms with E-state index >= 15 is 0 Å². The molecule has 3 heteroatoms. The van der Waals surface area contributed by atoms with Gasteiger partial charge in [-0.25, -0.2) is 0 Å². The Bertz CT molecular complexity index is 2780. The van der Waals surface area contributed by atoms with E-state index in [0.717, 1.165) is 56.6 Å². The highest BCUT2D eigenvalue weighted by Crippen LogP contribution is 2.49. The van der Waals surface area contributed by atoms with Crippen molar-refractivity contribution in [1.29, 1.82) is 0 Å². The molecule has 1 aliphatic heterocycles. The average Bonchev–Trinajstić information content (AvgIpc) is 3.71. The molecule has 2 aliphatic rings. The number of hydrogen-bond acceptors (Lipinski definition) is 2. The van der Waals surface area contributed by atoms with Crippen LogP contribution in [0.25, 0.3) is 83.5 Å². The summed E-state index contributed by atoms with van der Waals surface area (Å²) >= 11 is -0.166. The topological polar surface area (TPSA) is 26.3 Å². The minimum Gasteiger partial charge on any atom is -0.456 e. The maximum atomic E-state index is 6.92. The summed E-state index contributed by atoms with van der Waals surface area (Å²) in [6, 6.07) is 39.3. The molecule has 6 aromatic carbocycles. The van der Waals surface area contributed by atoms with Crippen molar-refractivity contribution >= 4 is 86.0 Å². The van der Waals surface area contributed by atoms with Gasteiger partial charge in [-0.15, -0.1) is 0 Å². The van der Waals surface area contributed by atoms with Crippen molar-refractivity contribution in [3.8, 4) is 22.3 Å². The van der Waals surface area contributed by atoms with Gasteiger partial charge in [0.2, 0.25) is 0 Å². The zero-order valence-corrected chi connectivity index (χ0v) is 29.1. The monoisotopic (exact) mass is 742 g/mol. The lowest BCUT2D eigenvalue weighted by Crippen LogP contribution is -2.08. The van der Waals surface area contributed by atoms with E-state index in [0.29, 0.717) is 0 Å². The van der Waals surface area contributed by atoms with Gasteiger partial charge in [0.15, 0.2) is 0 Å². The molecule has 0 saturated heterocycles. The van der Waals surface area contributed by atoms with Crippen LogP contribution in [-0.2, 0) is 6.42 Å². The normalized spacial score (nSPS) is 15.2. The van der Waals surface area contributed by atoms with Crippen LogP contribution in [0.1, 0.15) is 33.8 Å². The third kappa shape index (κ3) is 4.42. The van der Waals surface area contributed by atoms with E-state index in [1.165, 1.54) is 54.9 Å². The lowest BCUT2D eigenvalue weighted by Gasteiger charge is -2.22. The molecule has 234 valence electrons. The second-order valence-electron chi connectivity index (χ2n) is 13.1. The molecule has 0 spiro atoms. The van der Waals surface area contributed by atoms with Gasteiger partial charge in [0.25, 0.3) is 0 Å². The quantitative estimate of drug-likeness (QED) is 0.133. The molecule has 8 aromatic rings. The first-order chi connectivity index (χ1) is 24.1. The predicted octanol–water partition coefficient (Wildman–Crippen LogP) is 13.1. The summed E-state index contributed by atoms with van der Waals surface area (Å²) in [4.78, 5) is 0. The van der Waals surface area contributed by atoms with Gasteiger partial charge >= 0.3 is 0 Å². The summed E-state index contributed by atoms with van der Waals surface area (Å²) in [6.45, 7) is 6.90. The Balaban J connectivity index is 1.19. The Kier molecular flexibility index (Phi) is 6.53. The van der Waals surface area contributed by atoms with Crippen LogP contribution < -0.4 is 0 Å². The Morgan fingerprint density at radius 1 is 0.673 bits per heavy atom. The van der Waals surface area contributed by atoms with Gasteiger partial charge in [-0.1, -0.05) is 130 Å². The summed E-state index contributed by atoms with van der Waals surface area (Å²) in [5, 5.41) is 7.18. The van der Waals surface area contributed by atoms with Crippen molar-refractivity contribution in [3.05, 3.63) is 160 Å². The molecule has 0 fully saturated rings. The fourth-order valence-corrected chi connectivity index (χ4v) is 9.55. The average molecular weight is 743 g/mol. The molecule has 3 heterocycles. The van der Waals surface area contributed by atoms with Crippen LogP contribution in [-0.4, -0.2) is 4.01 Å². The van der Waals surface area contributed by atoms with Crippen LogP contribution in [0.2, 0.25) is 0 Å². The lowest BCUT2D eigenvalue weighted by molar-refractivity contribution is 0.587. The first-order valence-electron chi connectivity index (χ1n) is 16.7. The second-order valence-corrected chi connectivity index (χ2v) is 15.2. The lowest BCUT2D eigenvalue weighted by atomic mass is 9.81. The van der Waals surface area contributed by atoms with E-state index < -0.39 is 0 Å². The van der Waals surface area contributed by atoms with Crippen molar-refractivity contribution in [2.24, 2.45) is 5.92 Å². The van der Waals surface area contributed by atoms with Crippen LogP contribution in [0.4, 0.5) is 0 Å². The molecule has 0 saturated carbocycles. The molecule has 49 heavy (non-hydrogen) atoms. The van der Waals surface area contributed by atoms with Crippen LogP contribution in [0.5, 0.6) is 0 Å². The van der Waals surface area contributed by atoms with Crippen LogP contribution >= 0.6 is 20.7 Å². The van der Waals surface area contributed by atoms with Crippen molar-refractivity contribution in [2.45, 2.75) is 13.3 Å². The highest BCUT2D eigenvalue weighted by atomic mass is 127. The number of fused-ring (bicyclic) bond motifs is 9. The number of benzene rings is 6. The van der Waals surface area contributed by atoms with Crippen LogP contribution in [0.3, 0.4) is 0 Å². The Morgan fingerprint density at radius 3 is 2.27 bits per heavy atom. The van der Waals surface area contributed by atoms with E-state index in [1.54, 1.807) is 0 Å².